The van der Waals surface area contributed by atoms with E-state index in [-0.39, 0.29) is 24.3 Å². The predicted molar refractivity (Wildman–Crippen MR) is 122 cm³/mol. The van der Waals surface area contributed by atoms with Crippen LogP contribution in [0.15, 0.2) is 23.3 Å². The Morgan fingerprint density at radius 2 is 2.00 bits per heavy atom. The average molecular weight is 428 g/mol. The number of methoxy groups -OCH3 is 1. The maximum Gasteiger partial charge on any atom is 0.414 e. The summed E-state index contributed by atoms with van der Waals surface area (Å²) in [4.78, 5) is 19.0. The fourth-order valence-corrected chi connectivity index (χ4v) is 4.42. The van der Waals surface area contributed by atoms with Crippen LogP contribution in [-0.2, 0) is 15.9 Å². The van der Waals surface area contributed by atoms with Gasteiger partial charge >= 0.3 is 6.09 Å². The Morgan fingerprint density at radius 1 is 1.23 bits per heavy atom. The number of nitrogens with two attached hydrogens (primary N) is 1. The van der Waals surface area contributed by atoms with Crippen LogP contribution in [-0.4, -0.2) is 50.8 Å². The van der Waals surface area contributed by atoms with Crippen LogP contribution < -0.4 is 15.4 Å². The minimum atomic E-state index is -0.341. The Morgan fingerprint density at radius 3 is 2.65 bits per heavy atom. The van der Waals surface area contributed by atoms with Crippen LogP contribution in [0, 0.1) is 0 Å². The maximum atomic E-state index is 12.5. The molecule has 1 saturated heterocycles. The lowest BCUT2D eigenvalue weighted by atomic mass is 9.91. The van der Waals surface area contributed by atoms with E-state index in [0.717, 1.165) is 79.9 Å². The second-order valence-corrected chi connectivity index (χ2v) is 8.58. The van der Waals surface area contributed by atoms with Crippen molar-refractivity contribution in [2.45, 2.75) is 70.1 Å². The fraction of sp³-hybridized carbons (Fsp3) is 0.583. The van der Waals surface area contributed by atoms with Gasteiger partial charge in [0, 0.05) is 48.4 Å². The lowest BCUT2D eigenvalue weighted by molar-refractivity contribution is 0.0872. The van der Waals surface area contributed by atoms with Crippen LogP contribution in [0.3, 0.4) is 0 Å². The van der Waals surface area contributed by atoms with Crippen molar-refractivity contribution in [1.82, 2.24) is 0 Å². The minimum absolute atomic E-state index is 0.0713. The topological polar surface area (TPSA) is 86.4 Å². The number of fused-ring (bicyclic) bond motifs is 1. The molecule has 0 unspecified atom stereocenters. The van der Waals surface area contributed by atoms with Crippen LogP contribution in [0.1, 0.15) is 56.6 Å². The molecule has 7 nitrogen and oxygen atoms in total. The van der Waals surface area contributed by atoms with E-state index in [1.807, 2.05) is 25.3 Å². The van der Waals surface area contributed by atoms with Gasteiger partial charge in [0.15, 0.2) is 0 Å². The van der Waals surface area contributed by atoms with Gasteiger partial charge in [-0.15, -0.1) is 0 Å². The summed E-state index contributed by atoms with van der Waals surface area (Å²) >= 11 is 0. The molecular weight excluding hydrogens is 394 g/mol. The highest BCUT2D eigenvalue weighted by atomic mass is 16.5. The number of hydrogen-bond donors (Lipinski definition) is 1. The SMILES string of the molecule is COC(=O)N1c2ccc(C(C=NC3CCOCC3)=CN)c(OC3CCC3)c2CC[C@@H]1C. The molecular formula is C24H33N3O4. The molecule has 31 heavy (non-hydrogen) atoms. The zero-order valence-corrected chi connectivity index (χ0v) is 18.5. The van der Waals surface area contributed by atoms with E-state index < -0.39 is 0 Å². The molecule has 4 rings (SSSR count). The van der Waals surface area contributed by atoms with E-state index in [9.17, 15) is 4.79 Å². The summed E-state index contributed by atoms with van der Waals surface area (Å²) in [6.07, 6.45) is 10.2. The molecule has 2 heterocycles. The van der Waals surface area contributed by atoms with Crippen LogP contribution in [0.25, 0.3) is 5.57 Å². The molecule has 0 aromatic heterocycles. The van der Waals surface area contributed by atoms with Crippen molar-refractivity contribution < 1.29 is 19.0 Å². The summed E-state index contributed by atoms with van der Waals surface area (Å²) < 4.78 is 17.0. The highest BCUT2D eigenvalue weighted by Gasteiger charge is 2.33. The molecule has 0 bridgehead atoms. The average Bonchev–Trinajstić information content (AvgIpc) is 2.77. The molecule has 1 atom stereocenters. The Balaban J connectivity index is 1.71. The zero-order chi connectivity index (χ0) is 21.8. The fourth-order valence-electron chi connectivity index (χ4n) is 4.42. The van der Waals surface area contributed by atoms with Gasteiger partial charge in [0.25, 0.3) is 0 Å². The molecule has 168 valence electrons. The number of anilines is 1. The van der Waals surface area contributed by atoms with Crippen molar-refractivity contribution in [2.75, 3.05) is 25.2 Å². The third-order valence-corrected chi connectivity index (χ3v) is 6.56. The van der Waals surface area contributed by atoms with Crippen molar-refractivity contribution in [1.29, 1.82) is 0 Å². The Hall–Kier alpha value is -2.54. The predicted octanol–water partition coefficient (Wildman–Crippen LogP) is 4.07. The Kier molecular flexibility index (Phi) is 6.80. The summed E-state index contributed by atoms with van der Waals surface area (Å²) in [5, 5.41) is 0. The summed E-state index contributed by atoms with van der Waals surface area (Å²) in [5.74, 6) is 0.832. The molecule has 1 aliphatic carbocycles. The van der Waals surface area contributed by atoms with Gasteiger partial charge in [0.05, 0.1) is 24.9 Å². The molecule has 0 spiro atoms. The summed E-state index contributed by atoms with van der Waals surface area (Å²) in [5.41, 5.74) is 9.73. The quantitative estimate of drug-likeness (QED) is 0.716. The number of carbonyl (C=O) groups excluding carboxylic acids is 1. The van der Waals surface area contributed by atoms with Crippen molar-refractivity contribution in [3.05, 3.63) is 29.5 Å². The van der Waals surface area contributed by atoms with Crippen LogP contribution in [0.2, 0.25) is 0 Å². The molecule has 1 saturated carbocycles. The Labute approximate surface area is 184 Å². The Bertz CT molecular complexity index is 857. The van der Waals surface area contributed by atoms with E-state index >= 15 is 0 Å². The zero-order valence-electron chi connectivity index (χ0n) is 18.5. The van der Waals surface area contributed by atoms with Gasteiger partial charge < -0.3 is 19.9 Å². The number of aliphatic imine (C=N–C) groups is 1. The van der Waals surface area contributed by atoms with Gasteiger partial charge in [-0.3, -0.25) is 9.89 Å². The van der Waals surface area contributed by atoms with Gasteiger partial charge in [0.1, 0.15) is 5.75 Å². The van der Waals surface area contributed by atoms with Gasteiger partial charge in [-0.05, 0) is 64.0 Å². The number of rotatable bonds is 5. The van der Waals surface area contributed by atoms with E-state index in [1.165, 1.54) is 13.5 Å². The molecule has 1 aromatic carbocycles. The second kappa shape index (κ2) is 9.73. The van der Waals surface area contributed by atoms with E-state index in [4.69, 9.17) is 24.9 Å². The third-order valence-electron chi connectivity index (χ3n) is 6.56. The van der Waals surface area contributed by atoms with Gasteiger partial charge in [-0.1, -0.05) is 0 Å². The molecule has 1 aromatic rings. The highest BCUT2D eigenvalue weighted by Crippen LogP contribution is 2.43. The van der Waals surface area contributed by atoms with Crippen LogP contribution >= 0.6 is 0 Å². The normalized spacial score (nSPS) is 22.8. The van der Waals surface area contributed by atoms with Crippen molar-refractivity contribution in [3.63, 3.8) is 0 Å². The molecule has 1 amide bonds. The third kappa shape index (κ3) is 4.56. The molecule has 2 fully saturated rings. The number of amides is 1. The first-order valence-electron chi connectivity index (χ1n) is 11.3. The lowest BCUT2D eigenvalue weighted by Crippen LogP contribution is -2.42. The van der Waals surface area contributed by atoms with Crippen LogP contribution in [0.4, 0.5) is 10.5 Å². The molecule has 7 heteroatoms. The van der Waals surface area contributed by atoms with Crippen LogP contribution in [0.5, 0.6) is 5.75 Å². The van der Waals surface area contributed by atoms with Gasteiger partial charge in [-0.25, -0.2) is 4.79 Å². The number of hydrogen-bond acceptors (Lipinski definition) is 6. The summed E-state index contributed by atoms with van der Waals surface area (Å²) in [7, 11) is 1.42. The number of carbonyl (C=O) groups is 1. The van der Waals surface area contributed by atoms with Crippen molar-refractivity contribution in [2.24, 2.45) is 10.7 Å². The number of nitrogens with zero attached hydrogens (tertiary/aromatic N) is 2. The first kappa shape index (κ1) is 21.7. The maximum absolute atomic E-state index is 12.5. The molecule has 2 aliphatic heterocycles. The number of ether oxygens (including phenoxy) is 3. The van der Waals surface area contributed by atoms with E-state index in [2.05, 4.69) is 0 Å². The second-order valence-electron chi connectivity index (χ2n) is 8.58. The highest BCUT2D eigenvalue weighted by molar-refractivity contribution is 6.11. The van der Waals surface area contributed by atoms with Gasteiger partial charge in [-0.2, -0.15) is 0 Å². The van der Waals surface area contributed by atoms with Crippen molar-refractivity contribution in [3.8, 4) is 5.75 Å². The summed E-state index contributed by atoms with van der Waals surface area (Å²) in [6, 6.07) is 4.31. The van der Waals surface area contributed by atoms with Gasteiger partial charge in [0.2, 0.25) is 0 Å². The largest absolute Gasteiger partial charge is 0.489 e. The molecule has 2 N–H and O–H groups in total. The number of allylic oxidation sites excluding steroid dienone is 1. The lowest BCUT2D eigenvalue weighted by Gasteiger charge is -2.37. The minimum Gasteiger partial charge on any atom is -0.489 e. The van der Waals surface area contributed by atoms with Crippen molar-refractivity contribution >= 4 is 23.6 Å². The molecule has 3 aliphatic rings. The standard InChI is InChI=1S/C24H33N3O4/c1-16-6-7-21-22(27(16)24(28)29-2)9-8-20(23(21)31-19-4-3-5-19)17(14-25)15-26-18-10-12-30-13-11-18/h8-9,14-16,18-19H,3-7,10-13,25H2,1-2H3/t16-/m0/s1. The number of benzene rings is 1. The first-order valence-corrected chi connectivity index (χ1v) is 11.3. The molecule has 0 radical (unpaired) electrons. The van der Waals surface area contributed by atoms with E-state index in [1.54, 1.807) is 11.1 Å². The van der Waals surface area contributed by atoms with E-state index in [0.29, 0.717) is 0 Å². The monoisotopic (exact) mass is 427 g/mol. The first-order chi connectivity index (χ1) is 15.1. The summed E-state index contributed by atoms with van der Waals surface area (Å²) in [6.45, 7) is 3.55. The smallest absolute Gasteiger partial charge is 0.414 e.